The van der Waals surface area contributed by atoms with Gasteiger partial charge >= 0.3 is 0 Å². The van der Waals surface area contributed by atoms with Crippen LogP contribution in [0.2, 0.25) is 0 Å². The van der Waals surface area contributed by atoms with Gasteiger partial charge in [0.2, 0.25) is 15.9 Å². The van der Waals surface area contributed by atoms with Gasteiger partial charge in [-0.2, -0.15) is 0 Å². The molecule has 2 saturated heterocycles. The monoisotopic (exact) mass is 232 g/mol. The van der Waals surface area contributed by atoms with Crippen molar-refractivity contribution >= 4 is 15.9 Å². The van der Waals surface area contributed by atoms with Crippen LogP contribution in [0.3, 0.4) is 0 Å². The predicted octanol–water partition coefficient (Wildman–Crippen LogP) is -0.452. The molecule has 2 heterocycles. The maximum atomic E-state index is 11.5. The van der Waals surface area contributed by atoms with Gasteiger partial charge in [0.05, 0.1) is 5.75 Å². The van der Waals surface area contributed by atoms with E-state index in [-0.39, 0.29) is 18.1 Å². The van der Waals surface area contributed by atoms with Crippen LogP contribution in [0.15, 0.2) is 0 Å². The summed E-state index contributed by atoms with van der Waals surface area (Å²) in [7, 11) is -3.27. The minimum atomic E-state index is -3.27. The number of rotatable bonds is 2. The van der Waals surface area contributed by atoms with Gasteiger partial charge in [0, 0.05) is 13.0 Å². The Bertz CT molecular complexity index is 346. The molecule has 2 rings (SSSR count). The zero-order chi connectivity index (χ0) is 10.9. The van der Waals surface area contributed by atoms with Crippen molar-refractivity contribution in [3.8, 4) is 0 Å². The van der Waals surface area contributed by atoms with E-state index in [0.29, 0.717) is 12.5 Å². The summed E-state index contributed by atoms with van der Waals surface area (Å²) < 4.78 is 24.2. The first-order chi connectivity index (χ1) is 7.09. The maximum Gasteiger partial charge on any atom is 0.237 e. The van der Waals surface area contributed by atoms with Crippen LogP contribution in [-0.4, -0.2) is 44.0 Å². The third-order valence-corrected chi connectivity index (χ3v) is 4.81. The van der Waals surface area contributed by atoms with Gasteiger partial charge in [-0.3, -0.25) is 4.79 Å². The van der Waals surface area contributed by atoms with Crippen LogP contribution in [0.5, 0.6) is 0 Å². The van der Waals surface area contributed by atoms with E-state index in [1.807, 2.05) is 0 Å². The van der Waals surface area contributed by atoms with Crippen LogP contribution in [0.4, 0.5) is 0 Å². The van der Waals surface area contributed by atoms with Gasteiger partial charge < -0.3 is 5.32 Å². The molecule has 0 bridgehead atoms. The highest BCUT2D eigenvalue weighted by molar-refractivity contribution is 7.90. The van der Waals surface area contributed by atoms with Crippen LogP contribution >= 0.6 is 0 Å². The minimum absolute atomic E-state index is 0.00317. The molecule has 0 saturated carbocycles. The summed E-state index contributed by atoms with van der Waals surface area (Å²) in [5.74, 6) is 0.105. The molecule has 0 radical (unpaired) electrons. The molecule has 2 aliphatic rings. The molecule has 0 aromatic carbocycles. The molecule has 0 aliphatic carbocycles. The third kappa shape index (κ3) is 2.31. The van der Waals surface area contributed by atoms with Gasteiger partial charge in [-0.05, 0) is 31.8 Å². The molecule has 2 fully saturated rings. The van der Waals surface area contributed by atoms with E-state index in [4.69, 9.17) is 0 Å². The van der Waals surface area contributed by atoms with Crippen molar-refractivity contribution in [1.29, 1.82) is 0 Å². The Labute approximate surface area is 89.9 Å². The quantitative estimate of drug-likeness (QED) is 0.700. The first-order valence-electron chi connectivity index (χ1n) is 5.33. The first-order valence-corrected chi connectivity index (χ1v) is 6.94. The lowest BCUT2D eigenvalue weighted by molar-refractivity contribution is -0.125. The number of hydrogen-bond acceptors (Lipinski definition) is 4. The fraction of sp³-hybridized carbons (Fsp3) is 0.889. The van der Waals surface area contributed by atoms with Gasteiger partial charge in [0.1, 0.15) is 0 Å². The summed E-state index contributed by atoms with van der Waals surface area (Å²) in [5, 5.41) is 3.22. The Morgan fingerprint density at radius 2 is 2.00 bits per heavy atom. The summed E-state index contributed by atoms with van der Waals surface area (Å²) in [6.07, 6.45) is 2.08. The Morgan fingerprint density at radius 3 is 2.53 bits per heavy atom. The van der Waals surface area contributed by atoms with Crippen molar-refractivity contribution in [3.05, 3.63) is 0 Å². The number of hydrogen-bond donors (Lipinski definition) is 1. The standard InChI is InChI=1S/C9H16N2O3S/c12-9-3-6-15(13,14)11(9)7-8-1-4-10-5-2-8/h8,10H,1-7H2. The molecule has 6 heteroatoms. The number of carbonyl (C=O) groups is 1. The van der Waals surface area contributed by atoms with Crippen LogP contribution in [0, 0.1) is 5.92 Å². The van der Waals surface area contributed by atoms with Crippen molar-refractivity contribution in [2.75, 3.05) is 25.4 Å². The van der Waals surface area contributed by atoms with Crippen LogP contribution in [-0.2, 0) is 14.8 Å². The van der Waals surface area contributed by atoms with Crippen molar-refractivity contribution < 1.29 is 13.2 Å². The fourth-order valence-electron chi connectivity index (χ4n) is 2.12. The van der Waals surface area contributed by atoms with E-state index in [1.54, 1.807) is 0 Å². The van der Waals surface area contributed by atoms with E-state index in [2.05, 4.69) is 5.32 Å². The number of piperidine rings is 1. The lowest BCUT2D eigenvalue weighted by atomic mass is 9.98. The largest absolute Gasteiger partial charge is 0.317 e. The second-order valence-corrected chi connectivity index (χ2v) is 6.20. The third-order valence-electron chi connectivity index (χ3n) is 3.07. The molecule has 1 N–H and O–H groups in total. The topological polar surface area (TPSA) is 66.5 Å². The predicted molar refractivity (Wildman–Crippen MR) is 55.7 cm³/mol. The van der Waals surface area contributed by atoms with Gasteiger partial charge in [0.25, 0.3) is 0 Å². The van der Waals surface area contributed by atoms with E-state index >= 15 is 0 Å². The van der Waals surface area contributed by atoms with E-state index in [0.717, 1.165) is 30.2 Å². The summed E-state index contributed by atoms with van der Waals surface area (Å²) in [6.45, 7) is 2.24. The molecule has 86 valence electrons. The van der Waals surface area contributed by atoms with Crippen LogP contribution in [0.25, 0.3) is 0 Å². The van der Waals surface area contributed by atoms with E-state index in [1.165, 1.54) is 0 Å². The molecular formula is C9H16N2O3S. The summed E-state index contributed by atoms with van der Waals surface area (Å²) in [6, 6.07) is 0. The van der Waals surface area contributed by atoms with E-state index < -0.39 is 10.0 Å². The average molecular weight is 232 g/mol. The lowest BCUT2D eigenvalue weighted by Gasteiger charge is -2.26. The van der Waals surface area contributed by atoms with E-state index in [9.17, 15) is 13.2 Å². The van der Waals surface area contributed by atoms with Crippen molar-refractivity contribution in [2.24, 2.45) is 5.92 Å². The number of carbonyl (C=O) groups excluding carboxylic acids is 1. The molecule has 5 nitrogen and oxygen atoms in total. The molecule has 2 aliphatic heterocycles. The van der Waals surface area contributed by atoms with Gasteiger partial charge in [-0.1, -0.05) is 0 Å². The van der Waals surface area contributed by atoms with Crippen molar-refractivity contribution in [1.82, 2.24) is 9.62 Å². The lowest BCUT2D eigenvalue weighted by Crippen LogP contribution is -2.38. The number of amides is 1. The molecule has 0 aromatic heterocycles. The fourth-order valence-corrected chi connectivity index (χ4v) is 3.61. The Morgan fingerprint density at radius 1 is 1.33 bits per heavy atom. The summed E-state index contributed by atoms with van der Waals surface area (Å²) in [4.78, 5) is 11.4. The second-order valence-electron chi connectivity index (χ2n) is 4.18. The SMILES string of the molecule is O=C1CCS(=O)(=O)N1CC1CCNCC1. The highest BCUT2D eigenvalue weighted by Crippen LogP contribution is 2.21. The van der Waals surface area contributed by atoms with Gasteiger partial charge in [0.15, 0.2) is 0 Å². The molecule has 1 amide bonds. The molecule has 0 spiro atoms. The highest BCUT2D eigenvalue weighted by atomic mass is 32.2. The molecule has 0 aromatic rings. The van der Waals surface area contributed by atoms with Gasteiger partial charge in [-0.25, -0.2) is 12.7 Å². The first kappa shape index (κ1) is 10.9. The highest BCUT2D eigenvalue weighted by Gasteiger charge is 2.36. The molecular weight excluding hydrogens is 216 g/mol. The Kier molecular flexibility index (Phi) is 2.97. The molecule has 15 heavy (non-hydrogen) atoms. The molecule has 0 atom stereocenters. The average Bonchev–Trinajstić information content (AvgIpc) is 2.47. The van der Waals surface area contributed by atoms with Crippen LogP contribution in [0.1, 0.15) is 19.3 Å². The maximum absolute atomic E-state index is 11.5. The normalized spacial score (nSPS) is 27.2. The number of nitrogens with zero attached hydrogens (tertiary/aromatic N) is 1. The number of nitrogens with one attached hydrogen (secondary N) is 1. The van der Waals surface area contributed by atoms with Crippen molar-refractivity contribution in [3.63, 3.8) is 0 Å². The molecule has 0 unspecified atom stereocenters. The minimum Gasteiger partial charge on any atom is -0.317 e. The Balaban J connectivity index is 2.00. The zero-order valence-corrected chi connectivity index (χ0v) is 9.42. The van der Waals surface area contributed by atoms with Crippen molar-refractivity contribution in [2.45, 2.75) is 19.3 Å². The summed E-state index contributed by atoms with van der Waals surface area (Å²) in [5.41, 5.74) is 0. The zero-order valence-electron chi connectivity index (χ0n) is 8.61. The number of sulfonamides is 1. The summed E-state index contributed by atoms with van der Waals surface area (Å²) >= 11 is 0. The Hall–Kier alpha value is -0.620. The van der Waals surface area contributed by atoms with Gasteiger partial charge in [-0.15, -0.1) is 0 Å². The second kappa shape index (κ2) is 4.09. The van der Waals surface area contributed by atoms with Crippen LogP contribution < -0.4 is 5.32 Å². The smallest absolute Gasteiger partial charge is 0.237 e.